The van der Waals surface area contributed by atoms with E-state index in [9.17, 15) is 0 Å². The zero-order valence-corrected chi connectivity index (χ0v) is 18.6. The molecule has 0 saturated heterocycles. The summed E-state index contributed by atoms with van der Waals surface area (Å²) in [5.41, 5.74) is 1.90. The van der Waals surface area contributed by atoms with Crippen molar-refractivity contribution < 1.29 is 22.4 Å². The molecule has 0 saturated carbocycles. The van der Waals surface area contributed by atoms with Gasteiger partial charge in [0.2, 0.25) is 0 Å². The second-order valence-electron chi connectivity index (χ2n) is 6.52. The number of rotatable bonds is 9. The summed E-state index contributed by atoms with van der Waals surface area (Å²) in [7, 11) is 0. The third-order valence-electron chi connectivity index (χ3n) is 2.95. The van der Waals surface area contributed by atoms with Crippen LogP contribution in [0.5, 0.6) is 0 Å². The van der Waals surface area contributed by atoms with E-state index in [-0.39, 0.29) is 9.49 Å². The molecule has 0 spiro atoms. The molecule has 0 aromatic heterocycles. The van der Waals surface area contributed by atoms with E-state index < -0.39 is 0 Å². The van der Waals surface area contributed by atoms with Gasteiger partial charge in [-0.25, -0.2) is 0 Å². The van der Waals surface area contributed by atoms with E-state index in [1.807, 2.05) is 49.9 Å². The fourth-order valence-corrected chi connectivity index (χ4v) is 2.66. The zero-order valence-electron chi connectivity index (χ0n) is 15.1. The Hall–Kier alpha value is -0.291. The average Bonchev–Trinajstić information content (AvgIpc) is 2.53. The Bertz CT molecular complexity index is 502. The molecule has 0 heterocycles. The van der Waals surface area contributed by atoms with Gasteiger partial charge in [0.25, 0.3) is 0 Å². The first-order valence-electron chi connectivity index (χ1n) is 7.78. The zero-order chi connectivity index (χ0) is 18.6. The molecule has 1 aromatic carbocycles. The molecule has 1 rings (SSSR count). The SMILES string of the molecule is C/C=C/CSC(C)(C)C[N-]c1ccccc1[N-]CC(C)(C)[S-].[O]=[Tc+3]. The number of para-hydroxylation sites is 2. The third kappa shape index (κ3) is 11.3. The topological polar surface area (TPSA) is 45.3 Å². The number of hydrogen-bond donors (Lipinski definition) is 0. The molecular weight excluding hydrogens is 422 g/mol. The molecule has 1 aromatic rings. The van der Waals surface area contributed by atoms with Crippen molar-refractivity contribution in [1.82, 2.24) is 0 Å². The summed E-state index contributed by atoms with van der Waals surface area (Å²) in [4.78, 5) is 0. The maximum atomic E-state index is 8.22. The summed E-state index contributed by atoms with van der Waals surface area (Å²) in [6.45, 7) is 12.0. The third-order valence-corrected chi connectivity index (χ3v) is 4.35. The second kappa shape index (κ2) is 12.1. The van der Waals surface area contributed by atoms with Gasteiger partial charge in [0.05, 0.1) is 0 Å². The van der Waals surface area contributed by atoms with Crippen LogP contribution in [0.1, 0.15) is 34.6 Å². The number of hydrogen-bond acceptors (Lipinski definition) is 3. The van der Waals surface area contributed by atoms with Gasteiger partial charge in [0, 0.05) is 5.75 Å². The van der Waals surface area contributed by atoms with Crippen LogP contribution in [0.2, 0.25) is 0 Å². The van der Waals surface area contributed by atoms with Gasteiger partial charge < -0.3 is 23.3 Å². The molecule has 3 nitrogen and oxygen atoms in total. The Kier molecular flexibility index (Phi) is 12.0. The molecule has 0 N–H and O–H groups in total. The van der Waals surface area contributed by atoms with Gasteiger partial charge in [-0.1, -0.05) is 64.1 Å². The van der Waals surface area contributed by atoms with Gasteiger partial charge >= 0.3 is 22.4 Å². The minimum atomic E-state index is -0.214. The second-order valence-corrected chi connectivity index (χ2v) is 9.35. The van der Waals surface area contributed by atoms with E-state index in [1.54, 1.807) is 0 Å². The van der Waals surface area contributed by atoms with Gasteiger partial charge in [-0.3, -0.25) is 0 Å². The maximum absolute atomic E-state index is 8.22. The first-order chi connectivity index (χ1) is 11.2. The van der Waals surface area contributed by atoms with Crippen LogP contribution in [0.15, 0.2) is 36.4 Å². The van der Waals surface area contributed by atoms with Crippen LogP contribution < -0.4 is 0 Å². The quantitative estimate of drug-likeness (QED) is 0.344. The van der Waals surface area contributed by atoms with Crippen molar-refractivity contribution in [3.63, 3.8) is 0 Å². The molecule has 24 heavy (non-hydrogen) atoms. The van der Waals surface area contributed by atoms with Crippen LogP contribution in [0.3, 0.4) is 0 Å². The average molecular weight is 450 g/mol. The van der Waals surface area contributed by atoms with Crippen molar-refractivity contribution >= 4 is 35.8 Å². The standard InChI is InChI=1S/C18H28N2S2.O.Tc/c1-6-7-12-22-18(4,5)14-20-16-11-9-8-10-15(16)19-13-17(2,3)21;;/h6-11,21H,12-14H2,1-5H3;;/q-2;;+3/p-1/b7-6+;;. The molecular formula is C18H27N2OS2Tc. The summed E-state index contributed by atoms with van der Waals surface area (Å²) >= 11 is 8.19. The van der Waals surface area contributed by atoms with E-state index in [4.69, 9.17) is 21.4 Å². The molecule has 0 atom stereocenters. The Labute approximate surface area is 167 Å². The summed E-state index contributed by atoms with van der Waals surface area (Å²) in [6.07, 6.45) is 4.27. The van der Waals surface area contributed by atoms with Gasteiger partial charge in [0.1, 0.15) is 0 Å². The van der Waals surface area contributed by atoms with Crippen LogP contribution in [-0.4, -0.2) is 28.3 Å². The number of allylic oxidation sites excluding steroid dienone is 1. The normalized spacial score (nSPS) is 11.7. The Morgan fingerprint density at radius 1 is 1.08 bits per heavy atom. The molecule has 0 aliphatic rings. The summed E-state index contributed by atoms with van der Waals surface area (Å²) in [6, 6.07) is 8.05. The van der Waals surface area contributed by atoms with Gasteiger partial charge in [-0.2, -0.15) is 27.9 Å². The Morgan fingerprint density at radius 3 is 2.04 bits per heavy atom. The number of benzene rings is 1. The summed E-state index contributed by atoms with van der Waals surface area (Å²) in [5, 5.41) is 9.42. The van der Waals surface area contributed by atoms with Crippen LogP contribution in [0, 0.1) is 0 Å². The van der Waals surface area contributed by atoms with Crippen molar-refractivity contribution in [3.8, 4) is 0 Å². The van der Waals surface area contributed by atoms with Gasteiger partial charge in [0.15, 0.2) is 0 Å². The number of nitrogens with zero attached hydrogens (tertiary/aromatic N) is 2. The van der Waals surface area contributed by atoms with Crippen molar-refractivity contribution in [3.05, 3.63) is 47.1 Å². The molecule has 0 amide bonds. The number of thioether (sulfide) groups is 1. The summed E-state index contributed by atoms with van der Waals surface area (Å²) in [5.74, 6) is 1.02. The molecule has 6 heteroatoms. The monoisotopic (exact) mass is 448 g/mol. The van der Waals surface area contributed by atoms with Crippen LogP contribution in [0.4, 0.5) is 11.4 Å². The van der Waals surface area contributed by atoms with Crippen LogP contribution in [0.25, 0.3) is 10.6 Å². The van der Waals surface area contributed by atoms with Gasteiger partial charge in [-0.05, 0) is 11.7 Å². The molecule has 0 bridgehead atoms. The predicted octanol–water partition coefficient (Wildman–Crippen LogP) is 5.99. The summed E-state index contributed by atoms with van der Waals surface area (Å²) < 4.78 is 8.12. The molecule has 0 radical (unpaired) electrons. The van der Waals surface area contributed by atoms with E-state index in [2.05, 4.69) is 38.2 Å². The van der Waals surface area contributed by atoms with E-state index in [1.165, 1.54) is 0 Å². The molecule has 134 valence electrons. The van der Waals surface area contributed by atoms with Gasteiger partial charge in [-0.15, -0.1) is 13.1 Å². The molecule has 0 aliphatic carbocycles. The van der Waals surface area contributed by atoms with E-state index in [0.717, 1.165) is 42.5 Å². The van der Waals surface area contributed by atoms with Crippen molar-refractivity contribution in [2.75, 3.05) is 18.8 Å². The Balaban J connectivity index is 0.00000254. The molecule has 0 aliphatic heterocycles. The van der Waals surface area contributed by atoms with Crippen LogP contribution >= 0.6 is 11.8 Å². The first kappa shape index (κ1) is 23.7. The Morgan fingerprint density at radius 2 is 1.58 bits per heavy atom. The van der Waals surface area contributed by atoms with Crippen molar-refractivity contribution in [1.29, 1.82) is 0 Å². The van der Waals surface area contributed by atoms with Crippen molar-refractivity contribution in [2.24, 2.45) is 0 Å². The minimum absolute atomic E-state index is 0.115. The fourth-order valence-electron chi connectivity index (χ4n) is 1.70. The van der Waals surface area contributed by atoms with E-state index in [0.29, 0.717) is 6.54 Å². The van der Waals surface area contributed by atoms with Crippen molar-refractivity contribution in [2.45, 2.75) is 44.1 Å². The first-order valence-corrected chi connectivity index (χ1v) is 9.94. The predicted molar refractivity (Wildman–Crippen MR) is 106 cm³/mol. The molecule has 0 unspecified atom stereocenters. The fraction of sp³-hybridized carbons (Fsp3) is 0.556. The van der Waals surface area contributed by atoms with Crippen LogP contribution in [-0.2, 0) is 35.0 Å². The van der Waals surface area contributed by atoms with E-state index >= 15 is 0 Å². The molecule has 0 fully saturated rings.